The molecule has 2 fully saturated rings. The van der Waals surface area contributed by atoms with Gasteiger partial charge in [0.15, 0.2) is 5.76 Å². The summed E-state index contributed by atoms with van der Waals surface area (Å²) in [5.74, 6) is 1.72. The van der Waals surface area contributed by atoms with Crippen LogP contribution in [0.1, 0.15) is 27.9 Å². The topological polar surface area (TPSA) is 91.7 Å². The highest BCUT2D eigenvalue weighted by molar-refractivity contribution is 5.92. The van der Waals surface area contributed by atoms with Crippen LogP contribution in [0.5, 0.6) is 0 Å². The first kappa shape index (κ1) is 17.9. The van der Waals surface area contributed by atoms with E-state index in [1.807, 2.05) is 36.0 Å². The normalized spacial score (nSPS) is 21.8. The number of amides is 1. The maximum absolute atomic E-state index is 12.8. The Labute approximate surface area is 159 Å². The van der Waals surface area contributed by atoms with E-state index in [1.165, 1.54) is 0 Å². The summed E-state index contributed by atoms with van der Waals surface area (Å²) in [6.45, 7) is 3.93. The van der Waals surface area contributed by atoms with Crippen LogP contribution in [-0.2, 0) is 6.54 Å². The molecule has 0 aliphatic carbocycles. The third kappa shape index (κ3) is 3.30. The van der Waals surface area contributed by atoms with Crippen LogP contribution in [0.15, 0.2) is 28.8 Å². The summed E-state index contributed by atoms with van der Waals surface area (Å²) in [7, 11) is 6.05. The minimum Gasteiger partial charge on any atom is -0.455 e. The van der Waals surface area contributed by atoms with E-state index in [9.17, 15) is 4.79 Å². The molecule has 0 bridgehead atoms. The fourth-order valence-corrected chi connectivity index (χ4v) is 4.43. The molecule has 0 saturated carbocycles. The molecule has 27 heavy (non-hydrogen) atoms. The number of nitrogens with zero attached hydrogens (tertiary/aromatic N) is 5. The third-order valence-corrected chi connectivity index (χ3v) is 5.51. The van der Waals surface area contributed by atoms with Gasteiger partial charge in [0.25, 0.3) is 5.91 Å². The van der Waals surface area contributed by atoms with Crippen LogP contribution in [0.25, 0.3) is 0 Å². The molecule has 2 aliphatic rings. The van der Waals surface area contributed by atoms with Crippen molar-refractivity contribution in [3.05, 3.63) is 41.6 Å². The van der Waals surface area contributed by atoms with Gasteiger partial charge in [-0.2, -0.15) is 0 Å². The first-order valence-electron chi connectivity index (χ1n) is 9.16. The van der Waals surface area contributed by atoms with Gasteiger partial charge in [-0.1, -0.05) is 0 Å². The molecule has 2 aromatic rings. The molecule has 1 unspecified atom stereocenters. The van der Waals surface area contributed by atoms with Gasteiger partial charge in [-0.15, -0.1) is 0 Å². The molecule has 0 radical (unpaired) electrons. The minimum absolute atomic E-state index is 0.0181. The van der Waals surface area contributed by atoms with E-state index in [0.717, 1.165) is 24.5 Å². The molecule has 8 nitrogen and oxygen atoms in total. The van der Waals surface area contributed by atoms with Crippen molar-refractivity contribution in [2.24, 2.45) is 5.41 Å². The lowest BCUT2D eigenvalue weighted by molar-refractivity contribution is 0.00117. The molecule has 144 valence electrons. The van der Waals surface area contributed by atoms with Gasteiger partial charge in [0, 0.05) is 43.7 Å². The molecule has 2 saturated heterocycles. The average molecular weight is 370 g/mol. The summed E-state index contributed by atoms with van der Waals surface area (Å²) < 4.78 is 5.73. The zero-order valence-corrected chi connectivity index (χ0v) is 16.1. The van der Waals surface area contributed by atoms with Gasteiger partial charge in [-0.3, -0.25) is 4.79 Å². The lowest BCUT2D eigenvalue weighted by Crippen LogP contribution is -2.61. The molecular formula is C19H26N6O2. The number of rotatable bonds is 4. The highest BCUT2D eigenvalue weighted by Crippen LogP contribution is 2.48. The molecule has 4 rings (SSSR count). The fourth-order valence-electron chi connectivity index (χ4n) is 4.43. The number of likely N-dealkylation sites (tertiary alicyclic amines) is 2. The monoisotopic (exact) mass is 370 g/mol. The van der Waals surface area contributed by atoms with Crippen molar-refractivity contribution in [3.8, 4) is 0 Å². The quantitative estimate of drug-likeness (QED) is 0.854. The van der Waals surface area contributed by atoms with Gasteiger partial charge in [0.05, 0.1) is 12.2 Å². The van der Waals surface area contributed by atoms with Crippen LogP contribution >= 0.6 is 0 Å². The number of anilines is 1. The van der Waals surface area contributed by atoms with Crippen molar-refractivity contribution in [1.82, 2.24) is 24.7 Å². The second-order valence-corrected chi connectivity index (χ2v) is 8.12. The van der Waals surface area contributed by atoms with E-state index >= 15 is 0 Å². The van der Waals surface area contributed by atoms with Crippen molar-refractivity contribution in [2.45, 2.75) is 12.5 Å². The second kappa shape index (κ2) is 6.61. The lowest BCUT2D eigenvalue weighted by atomic mass is 9.70. The van der Waals surface area contributed by atoms with Gasteiger partial charge in [-0.05, 0) is 39.3 Å². The Morgan fingerprint density at radius 2 is 2.11 bits per heavy atom. The maximum Gasteiger partial charge on any atom is 0.289 e. The van der Waals surface area contributed by atoms with E-state index in [4.69, 9.17) is 10.2 Å². The van der Waals surface area contributed by atoms with Gasteiger partial charge >= 0.3 is 0 Å². The van der Waals surface area contributed by atoms with E-state index in [1.54, 1.807) is 12.3 Å². The predicted molar refractivity (Wildman–Crippen MR) is 101 cm³/mol. The molecule has 1 atom stereocenters. The first-order chi connectivity index (χ1) is 12.9. The molecule has 8 heteroatoms. The number of aromatic nitrogens is 2. The largest absolute Gasteiger partial charge is 0.455 e. The number of furan rings is 1. The van der Waals surface area contributed by atoms with E-state index in [2.05, 4.69) is 21.9 Å². The van der Waals surface area contributed by atoms with Crippen molar-refractivity contribution >= 4 is 11.9 Å². The molecule has 2 N–H and O–H groups in total. The van der Waals surface area contributed by atoms with Gasteiger partial charge in [-0.25, -0.2) is 9.97 Å². The highest BCUT2D eigenvalue weighted by Gasteiger charge is 2.55. The second-order valence-electron chi connectivity index (χ2n) is 8.12. The number of nitrogens with two attached hydrogens (primary N) is 1. The van der Waals surface area contributed by atoms with Gasteiger partial charge in [0.2, 0.25) is 5.95 Å². The van der Waals surface area contributed by atoms with Crippen LogP contribution in [0.3, 0.4) is 0 Å². The average Bonchev–Trinajstić information content (AvgIpc) is 3.16. The Kier molecular flexibility index (Phi) is 4.39. The molecule has 1 amide bonds. The lowest BCUT2D eigenvalue weighted by Gasteiger charge is -2.50. The standard InChI is InChI=1S/C19H26N6O2/c1-23(2)8-13-4-5-16(27-13)17(26)25-11-19(12-25)10-24(3)9-14(19)15-6-7-21-18(20)22-15/h4-7,14H,8-12H2,1-3H3,(H2,20,21,22). The summed E-state index contributed by atoms with van der Waals surface area (Å²) in [4.78, 5) is 27.4. The minimum atomic E-state index is -0.0406. The van der Waals surface area contributed by atoms with E-state index in [-0.39, 0.29) is 17.2 Å². The number of carbonyl (C=O) groups is 1. The Morgan fingerprint density at radius 1 is 1.33 bits per heavy atom. The van der Waals surface area contributed by atoms with Crippen molar-refractivity contribution in [2.75, 3.05) is 53.1 Å². The number of hydrogen-bond donors (Lipinski definition) is 1. The molecule has 2 aromatic heterocycles. The molecule has 0 aromatic carbocycles. The smallest absolute Gasteiger partial charge is 0.289 e. The summed E-state index contributed by atoms with van der Waals surface area (Å²) in [6, 6.07) is 5.58. The molecule has 2 aliphatic heterocycles. The van der Waals surface area contributed by atoms with Crippen LogP contribution in [0, 0.1) is 5.41 Å². The Balaban J connectivity index is 1.48. The summed E-state index contributed by atoms with van der Waals surface area (Å²) in [6.07, 6.45) is 1.71. The number of hydrogen-bond acceptors (Lipinski definition) is 7. The Bertz CT molecular complexity index is 842. The van der Waals surface area contributed by atoms with Gasteiger partial charge in [0.1, 0.15) is 5.76 Å². The van der Waals surface area contributed by atoms with Crippen LogP contribution in [-0.4, -0.2) is 77.9 Å². The summed E-state index contributed by atoms with van der Waals surface area (Å²) >= 11 is 0. The number of likely N-dealkylation sites (N-methyl/N-ethyl adjacent to an activating group) is 1. The van der Waals surface area contributed by atoms with Crippen molar-refractivity contribution < 1.29 is 9.21 Å². The zero-order valence-electron chi connectivity index (χ0n) is 16.1. The van der Waals surface area contributed by atoms with Crippen LogP contribution < -0.4 is 5.73 Å². The predicted octanol–water partition coefficient (Wildman–Crippen LogP) is 0.885. The molecule has 4 heterocycles. The zero-order chi connectivity index (χ0) is 19.2. The van der Waals surface area contributed by atoms with E-state index in [0.29, 0.717) is 31.3 Å². The first-order valence-corrected chi connectivity index (χ1v) is 9.16. The molecular weight excluding hydrogens is 344 g/mol. The maximum atomic E-state index is 12.8. The third-order valence-electron chi connectivity index (χ3n) is 5.51. The van der Waals surface area contributed by atoms with Gasteiger partial charge < -0.3 is 24.9 Å². The number of carbonyl (C=O) groups excluding carboxylic acids is 1. The highest BCUT2D eigenvalue weighted by atomic mass is 16.4. The van der Waals surface area contributed by atoms with Crippen molar-refractivity contribution in [1.29, 1.82) is 0 Å². The Hall–Kier alpha value is -2.45. The fraction of sp³-hybridized carbons (Fsp3) is 0.526. The summed E-state index contributed by atoms with van der Waals surface area (Å²) in [5.41, 5.74) is 6.76. The van der Waals surface area contributed by atoms with Crippen LogP contribution in [0.2, 0.25) is 0 Å². The number of nitrogen functional groups attached to an aromatic ring is 1. The van der Waals surface area contributed by atoms with E-state index < -0.39 is 0 Å². The van der Waals surface area contributed by atoms with Crippen LogP contribution in [0.4, 0.5) is 5.95 Å². The SMILES string of the molecule is CN(C)Cc1ccc(C(=O)N2CC3(CN(C)CC3c3ccnc(N)n3)C2)o1. The van der Waals surface area contributed by atoms with Crippen molar-refractivity contribution in [3.63, 3.8) is 0 Å². The Morgan fingerprint density at radius 3 is 2.81 bits per heavy atom. The summed E-state index contributed by atoms with van der Waals surface area (Å²) in [5, 5.41) is 0. The molecule has 1 spiro atoms.